The molecule has 3 aromatic rings. The normalized spacial score (nSPS) is 18.1. The van der Waals surface area contributed by atoms with Crippen molar-refractivity contribution in [1.29, 1.82) is 0 Å². The number of furan rings is 1. The SMILES string of the molecule is CC1CN(c2ncnc3c2oc2ccc(Cl)cc23)CCN1C(=O)OC(C)(C)C. The maximum atomic E-state index is 12.5. The molecule has 1 amide bonds. The van der Waals surface area contributed by atoms with Crippen molar-refractivity contribution in [3.05, 3.63) is 29.5 Å². The van der Waals surface area contributed by atoms with Crippen LogP contribution in [0.15, 0.2) is 28.9 Å². The molecule has 3 heterocycles. The number of anilines is 1. The summed E-state index contributed by atoms with van der Waals surface area (Å²) in [5.41, 5.74) is 1.59. The molecule has 1 fully saturated rings. The monoisotopic (exact) mass is 402 g/mol. The minimum Gasteiger partial charge on any atom is -0.450 e. The zero-order chi connectivity index (χ0) is 20.1. The molecule has 1 saturated heterocycles. The highest BCUT2D eigenvalue weighted by molar-refractivity contribution is 6.31. The molecule has 28 heavy (non-hydrogen) atoms. The summed E-state index contributed by atoms with van der Waals surface area (Å²) < 4.78 is 11.6. The van der Waals surface area contributed by atoms with E-state index in [2.05, 4.69) is 14.9 Å². The summed E-state index contributed by atoms with van der Waals surface area (Å²) in [6.45, 7) is 9.43. The quantitative estimate of drug-likeness (QED) is 0.597. The second kappa shape index (κ2) is 6.81. The second-order valence-corrected chi connectivity index (χ2v) is 8.52. The number of carbonyl (C=O) groups excluding carboxylic acids is 1. The highest BCUT2D eigenvalue weighted by Gasteiger charge is 2.32. The Hall–Kier alpha value is -2.54. The first-order valence-electron chi connectivity index (χ1n) is 9.30. The van der Waals surface area contributed by atoms with E-state index in [1.54, 1.807) is 17.3 Å². The number of hydrogen-bond acceptors (Lipinski definition) is 6. The van der Waals surface area contributed by atoms with Crippen molar-refractivity contribution in [1.82, 2.24) is 14.9 Å². The molecule has 1 unspecified atom stereocenters. The number of halogens is 1. The Balaban J connectivity index is 1.62. The predicted octanol–water partition coefficient (Wildman–Crippen LogP) is 4.48. The number of benzene rings is 1. The number of rotatable bonds is 1. The van der Waals surface area contributed by atoms with Gasteiger partial charge in [0.25, 0.3) is 0 Å². The van der Waals surface area contributed by atoms with E-state index >= 15 is 0 Å². The molecule has 7 nitrogen and oxygen atoms in total. The minimum absolute atomic E-state index is 0.0209. The van der Waals surface area contributed by atoms with E-state index in [-0.39, 0.29) is 12.1 Å². The van der Waals surface area contributed by atoms with Gasteiger partial charge in [-0.2, -0.15) is 0 Å². The van der Waals surface area contributed by atoms with E-state index in [0.29, 0.717) is 30.2 Å². The average Bonchev–Trinajstić information content (AvgIpc) is 2.98. The van der Waals surface area contributed by atoms with Crippen LogP contribution in [0.25, 0.3) is 22.1 Å². The van der Waals surface area contributed by atoms with Crippen LogP contribution in [0.4, 0.5) is 10.6 Å². The first-order valence-corrected chi connectivity index (χ1v) is 9.68. The van der Waals surface area contributed by atoms with Crippen LogP contribution in [0.2, 0.25) is 5.02 Å². The molecule has 1 atom stereocenters. The third-order valence-electron chi connectivity index (χ3n) is 4.75. The van der Waals surface area contributed by atoms with Gasteiger partial charge in [0, 0.05) is 36.1 Å². The van der Waals surface area contributed by atoms with Gasteiger partial charge in [-0.25, -0.2) is 14.8 Å². The average molecular weight is 403 g/mol. The van der Waals surface area contributed by atoms with Crippen LogP contribution in [-0.4, -0.2) is 52.2 Å². The van der Waals surface area contributed by atoms with Crippen LogP contribution in [0, 0.1) is 0 Å². The summed E-state index contributed by atoms with van der Waals surface area (Å²) in [7, 11) is 0. The lowest BCUT2D eigenvalue weighted by atomic mass is 10.2. The Bertz CT molecular complexity index is 1040. The molecule has 8 heteroatoms. The van der Waals surface area contributed by atoms with E-state index in [4.69, 9.17) is 20.8 Å². The summed E-state index contributed by atoms with van der Waals surface area (Å²) in [5.74, 6) is 0.730. The van der Waals surface area contributed by atoms with Crippen molar-refractivity contribution in [2.24, 2.45) is 0 Å². The minimum atomic E-state index is -0.512. The van der Waals surface area contributed by atoms with Gasteiger partial charge in [-0.3, -0.25) is 0 Å². The van der Waals surface area contributed by atoms with Gasteiger partial charge in [-0.15, -0.1) is 0 Å². The fraction of sp³-hybridized carbons (Fsp3) is 0.450. The fourth-order valence-corrected chi connectivity index (χ4v) is 3.68. The molecular formula is C20H23ClN4O3. The number of amides is 1. The van der Waals surface area contributed by atoms with Crippen molar-refractivity contribution in [3.63, 3.8) is 0 Å². The fourth-order valence-electron chi connectivity index (χ4n) is 3.50. The summed E-state index contributed by atoms with van der Waals surface area (Å²) in [6, 6.07) is 5.46. The van der Waals surface area contributed by atoms with Gasteiger partial charge >= 0.3 is 6.09 Å². The van der Waals surface area contributed by atoms with Gasteiger partial charge in [0.05, 0.1) is 0 Å². The molecule has 0 N–H and O–H groups in total. The molecule has 1 aliphatic heterocycles. The molecule has 148 valence electrons. The number of fused-ring (bicyclic) bond motifs is 3. The van der Waals surface area contributed by atoms with E-state index in [0.717, 1.165) is 22.3 Å². The van der Waals surface area contributed by atoms with Crippen molar-refractivity contribution in [3.8, 4) is 0 Å². The number of ether oxygens (including phenoxy) is 1. The van der Waals surface area contributed by atoms with Crippen LogP contribution in [0.1, 0.15) is 27.7 Å². The molecule has 2 aromatic heterocycles. The second-order valence-electron chi connectivity index (χ2n) is 8.09. The van der Waals surface area contributed by atoms with Gasteiger partial charge in [0.1, 0.15) is 23.0 Å². The van der Waals surface area contributed by atoms with Crippen LogP contribution in [-0.2, 0) is 4.74 Å². The number of carbonyl (C=O) groups is 1. The van der Waals surface area contributed by atoms with Crippen LogP contribution < -0.4 is 4.90 Å². The topological polar surface area (TPSA) is 71.7 Å². The molecular weight excluding hydrogens is 380 g/mol. The van der Waals surface area contributed by atoms with Gasteiger partial charge in [-0.05, 0) is 45.9 Å². The number of aromatic nitrogens is 2. The molecule has 0 spiro atoms. The lowest BCUT2D eigenvalue weighted by Crippen LogP contribution is -2.55. The van der Waals surface area contributed by atoms with Gasteiger partial charge in [0.15, 0.2) is 11.4 Å². The standard InChI is InChI=1S/C20H23ClN4O3/c1-12-10-24(7-8-25(12)19(26)28-20(2,3)4)18-17-16(22-11-23-18)14-9-13(21)5-6-15(14)27-17/h5-6,9,11-12H,7-8,10H2,1-4H3. The van der Waals surface area contributed by atoms with E-state index in [9.17, 15) is 4.79 Å². The highest BCUT2D eigenvalue weighted by Crippen LogP contribution is 2.34. The molecule has 0 aliphatic carbocycles. The van der Waals surface area contributed by atoms with Gasteiger partial charge < -0.3 is 19.0 Å². The van der Waals surface area contributed by atoms with E-state index < -0.39 is 5.60 Å². The van der Waals surface area contributed by atoms with Gasteiger partial charge in [-0.1, -0.05) is 11.6 Å². The summed E-state index contributed by atoms with van der Waals surface area (Å²) in [4.78, 5) is 25.2. The molecule has 4 rings (SSSR count). The third kappa shape index (κ3) is 3.46. The number of piperazine rings is 1. The Morgan fingerprint density at radius 2 is 2.07 bits per heavy atom. The largest absolute Gasteiger partial charge is 0.450 e. The highest BCUT2D eigenvalue weighted by atomic mass is 35.5. The van der Waals surface area contributed by atoms with Crippen molar-refractivity contribution >= 4 is 45.6 Å². The summed E-state index contributed by atoms with van der Waals surface area (Å²) in [5, 5.41) is 1.50. The van der Waals surface area contributed by atoms with E-state index in [1.807, 2.05) is 39.8 Å². The Morgan fingerprint density at radius 3 is 2.79 bits per heavy atom. The zero-order valence-electron chi connectivity index (χ0n) is 16.4. The summed E-state index contributed by atoms with van der Waals surface area (Å²) >= 11 is 6.13. The number of hydrogen-bond donors (Lipinski definition) is 0. The van der Waals surface area contributed by atoms with Crippen LogP contribution in [0.5, 0.6) is 0 Å². The number of nitrogens with zero attached hydrogens (tertiary/aromatic N) is 4. The van der Waals surface area contributed by atoms with Gasteiger partial charge in [0.2, 0.25) is 0 Å². The van der Waals surface area contributed by atoms with E-state index in [1.165, 1.54) is 0 Å². The van der Waals surface area contributed by atoms with Crippen molar-refractivity contribution in [2.45, 2.75) is 39.3 Å². The Kier molecular flexibility index (Phi) is 4.57. The molecule has 1 aromatic carbocycles. The van der Waals surface area contributed by atoms with Crippen molar-refractivity contribution < 1.29 is 13.9 Å². The van der Waals surface area contributed by atoms with Crippen LogP contribution >= 0.6 is 11.6 Å². The maximum Gasteiger partial charge on any atom is 0.410 e. The van der Waals surface area contributed by atoms with Crippen molar-refractivity contribution in [2.75, 3.05) is 24.5 Å². The zero-order valence-corrected chi connectivity index (χ0v) is 17.2. The summed E-state index contributed by atoms with van der Waals surface area (Å²) in [6.07, 6.45) is 1.25. The first-order chi connectivity index (χ1) is 13.2. The first kappa shape index (κ1) is 18.8. The molecule has 1 aliphatic rings. The van der Waals surface area contributed by atoms with Crippen LogP contribution in [0.3, 0.4) is 0 Å². The molecule has 0 saturated carbocycles. The lowest BCUT2D eigenvalue weighted by Gasteiger charge is -2.40. The predicted molar refractivity (Wildman–Crippen MR) is 109 cm³/mol. The molecule has 0 bridgehead atoms. The molecule has 0 radical (unpaired) electrons. The smallest absolute Gasteiger partial charge is 0.410 e. The Morgan fingerprint density at radius 1 is 1.29 bits per heavy atom. The lowest BCUT2D eigenvalue weighted by molar-refractivity contribution is 0.0159. The maximum absolute atomic E-state index is 12.5. The third-order valence-corrected chi connectivity index (χ3v) is 4.98. The Labute approximate surface area is 168 Å².